The van der Waals surface area contributed by atoms with E-state index in [-0.39, 0.29) is 5.56 Å². The smallest absolute Gasteiger partial charge is 0.347 e. The van der Waals surface area contributed by atoms with Gasteiger partial charge in [0.05, 0.1) is 5.56 Å². The van der Waals surface area contributed by atoms with Crippen LogP contribution in [0.5, 0.6) is 0 Å². The van der Waals surface area contributed by atoms with Gasteiger partial charge < -0.3 is 10.5 Å². The quantitative estimate of drug-likeness (QED) is 0.414. The lowest BCUT2D eigenvalue weighted by atomic mass is 10.1. The molecular formula is C10H11NO3. The Kier molecular flexibility index (Phi) is 2.86. The topological polar surface area (TPSA) is 69.4 Å². The van der Waals surface area contributed by atoms with E-state index in [9.17, 15) is 9.59 Å². The van der Waals surface area contributed by atoms with Gasteiger partial charge in [-0.3, -0.25) is 4.79 Å². The molecule has 0 atom stereocenters. The molecule has 14 heavy (non-hydrogen) atoms. The van der Waals surface area contributed by atoms with E-state index in [2.05, 4.69) is 4.74 Å². The predicted octanol–water partition coefficient (Wildman–Crippen LogP) is 1.28. The third-order valence-corrected chi connectivity index (χ3v) is 1.78. The maximum Gasteiger partial charge on any atom is 0.347 e. The molecule has 1 aromatic rings. The zero-order valence-corrected chi connectivity index (χ0v) is 8.03. The molecule has 0 aliphatic rings. The number of benzene rings is 1. The number of esters is 2. The first kappa shape index (κ1) is 10.2. The minimum absolute atomic E-state index is 0.222. The lowest BCUT2D eigenvalue weighted by Gasteiger charge is -2.05. The number of carbonyl (C=O) groups excluding carboxylic acids is 2. The van der Waals surface area contributed by atoms with Gasteiger partial charge >= 0.3 is 11.9 Å². The molecule has 0 spiro atoms. The van der Waals surface area contributed by atoms with Crippen molar-refractivity contribution in [3.8, 4) is 0 Å². The molecule has 0 heterocycles. The van der Waals surface area contributed by atoms with Crippen LogP contribution in [0.2, 0.25) is 0 Å². The van der Waals surface area contributed by atoms with Crippen molar-refractivity contribution < 1.29 is 14.3 Å². The largest absolute Gasteiger partial charge is 0.398 e. The second-order valence-electron chi connectivity index (χ2n) is 2.92. The maximum atomic E-state index is 11.3. The van der Waals surface area contributed by atoms with E-state index >= 15 is 0 Å². The fourth-order valence-corrected chi connectivity index (χ4v) is 1.04. The van der Waals surface area contributed by atoms with Crippen LogP contribution in [0.4, 0.5) is 5.69 Å². The molecule has 1 rings (SSSR count). The second-order valence-corrected chi connectivity index (χ2v) is 2.92. The van der Waals surface area contributed by atoms with Crippen molar-refractivity contribution in [1.29, 1.82) is 0 Å². The number of ether oxygens (including phenoxy) is 1. The maximum absolute atomic E-state index is 11.3. The average molecular weight is 193 g/mol. The zero-order valence-electron chi connectivity index (χ0n) is 8.03. The summed E-state index contributed by atoms with van der Waals surface area (Å²) in [6, 6.07) is 4.98. The van der Waals surface area contributed by atoms with Crippen LogP contribution in [-0.2, 0) is 9.53 Å². The number of rotatable bonds is 1. The van der Waals surface area contributed by atoms with Gasteiger partial charge in [-0.25, -0.2) is 4.79 Å². The summed E-state index contributed by atoms with van der Waals surface area (Å²) in [5, 5.41) is 0. The standard InChI is InChI=1S/C10H11NO3/c1-6-4-3-5-8(9(6)11)10(13)14-7(2)12/h3-5H,11H2,1-2H3. The Bertz CT molecular complexity index is 385. The van der Waals surface area contributed by atoms with Gasteiger partial charge in [-0.15, -0.1) is 0 Å². The molecule has 0 saturated heterocycles. The van der Waals surface area contributed by atoms with E-state index in [4.69, 9.17) is 5.73 Å². The Labute approximate surface area is 81.7 Å². The van der Waals surface area contributed by atoms with Crippen LogP contribution >= 0.6 is 0 Å². The summed E-state index contributed by atoms with van der Waals surface area (Å²) in [5.41, 5.74) is 7.00. The van der Waals surface area contributed by atoms with Crippen molar-refractivity contribution in [3.63, 3.8) is 0 Å². The van der Waals surface area contributed by atoms with Gasteiger partial charge in [0.25, 0.3) is 0 Å². The van der Waals surface area contributed by atoms with Crippen molar-refractivity contribution in [2.45, 2.75) is 13.8 Å². The molecule has 0 amide bonds. The summed E-state index contributed by atoms with van der Waals surface area (Å²) >= 11 is 0. The number of nitrogen functional groups attached to an aromatic ring is 1. The first-order chi connectivity index (χ1) is 6.52. The Morgan fingerprint density at radius 1 is 1.36 bits per heavy atom. The van der Waals surface area contributed by atoms with E-state index in [1.807, 2.05) is 0 Å². The Hall–Kier alpha value is -1.84. The molecule has 0 aliphatic heterocycles. The number of para-hydroxylation sites is 1. The van der Waals surface area contributed by atoms with Crippen molar-refractivity contribution >= 4 is 17.6 Å². The SMILES string of the molecule is CC(=O)OC(=O)c1cccc(C)c1N. The molecule has 1 aromatic carbocycles. The van der Waals surface area contributed by atoms with E-state index in [1.54, 1.807) is 19.1 Å². The monoisotopic (exact) mass is 193 g/mol. The molecule has 0 radical (unpaired) electrons. The molecule has 0 aromatic heterocycles. The van der Waals surface area contributed by atoms with E-state index in [0.29, 0.717) is 5.69 Å². The number of aryl methyl sites for hydroxylation is 1. The molecule has 4 nitrogen and oxygen atoms in total. The Morgan fingerprint density at radius 3 is 2.57 bits per heavy atom. The zero-order chi connectivity index (χ0) is 10.7. The molecule has 74 valence electrons. The molecule has 0 unspecified atom stereocenters. The summed E-state index contributed by atoms with van der Waals surface area (Å²) < 4.78 is 4.41. The van der Waals surface area contributed by atoms with Crippen LogP contribution in [0.3, 0.4) is 0 Å². The number of hydrogen-bond acceptors (Lipinski definition) is 4. The highest BCUT2D eigenvalue weighted by molar-refractivity contribution is 6.00. The molecule has 0 saturated carbocycles. The summed E-state index contributed by atoms with van der Waals surface area (Å²) in [6.07, 6.45) is 0. The molecule has 2 N–H and O–H groups in total. The van der Waals surface area contributed by atoms with Gasteiger partial charge in [-0.2, -0.15) is 0 Å². The van der Waals surface area contributed by atoms with Crippen LogP contribution in [0.1, 0.15) is 22.8 Å². The fraction of sp³-hybridized carbons (Fsp3) is 0.200. The van der Waals surface area contributed by atoms with Crippen molar-refractivity contribution in [3.05, 3.63) is 29.3 Å². The third kappa shape index (κ3) is 2.10. The summed E-state index contributed by atoms with van der Waals surface area (Å²) in [5.74, 6) is -1.35. The van der Waals surface area contributed by atoms with Gasteiger partial charge in [0.1, 0.15) is 0 Å². The number of nitrogens with two attached hydrogens (primary N) is 1. The summed E-state index contributed by atoms with van der Waals surface area (Å²) in [6.45, 7) is 2.95. The highest BCUT2D eigenvalue weighted by Gasteiger charge is 2.13. The fourth-order valence-electron chi connectivity index (χ4n) is 1.04. The van der Waals surface area contributed by atoms with E-state index in [0.717, 1.165) is 5.56 Å². The minimum atomic E-state index is -0.710. The predicted molar refractivity (Wildman–Crippen MR) is 51.7 cm³/mol. The lowest BCUT2D eigenvalue weighted by molar-refractivity contribution is -0.135. The lowest BCUT2D eigenvalue weighted by Crippen LogP contribution is -2.12. The van der Waals surface area contributed by atoms with Gasteiger partial charge in [-0.1, -0.05) is 12.1 Å². The van der Waals surface area contributed by atoms with Gasteiger partial charge in [0.2, 0.25) is 0 Å². The normalized spacial score (nSPS) is 9.57. The highest BCUT2D eigenvalue weighted by atomic mass is 16.6. The molecule has 0 bridgehead atoms. The number of hydrogen-bond donors (Lipinski definition) is 1. The first-order valence-electron chi connectivity index (χ1n) is 4.10. The summed E-state index contributed by atoms with van der Waals surface area (Å²) in [4.78, 5) is 21.8. The molecule has 0 aliphatic carbocycles. The minimum Gasteiger partial charge on any atom is -0.398 e. The van der Waals surface area contributed by atoms with Crippen molar-refractivity contribution in [2.24, 2.45) is 0 Å². The van der Waals surface area contributed by atoms with Crippen LogP contribution in [0.15, 0.2) is 18.2 Å². The second kappa shape index (κ2) is 3.91. The van der Waals surface area contributed by atoms with Crippen LogP contribution in [-0.4, -0.2) is 11.9 Å². The summed E-state index contributed by atoms with van der Waals surface area (Å²) in [7, 11) is 0. The van der Waals surface area contributed by atoms with Gasteiger partial charge in [-0.05, 0) is 18.6 Å². The Balaban J connectivity index is 3.01. The van der Waals surface area contributed by atoms with Crippen LogP contribution in [0.25, 0.3) is 0 Å². The third-order valence-electron chi connectivity index (χ3n) is 1.78. The molecule has 0 fully saturated rings. The van der Waals surface area contributed by atoms with Crippen molar-refractivity contribution in [2.75, 3.05) is 5.73 Å². The Morgan fingerprint density at radius 2 is 2.00 bits per heavy atom. The molecule has 4 heteroatoms. The first-order valence-corrected chi connectivity index (χ1v) is 4.10. The highest BCUT2D eigenvalue weighted by Crippen LogP contribution is 2.17. The number of carbonyl (C=O) groups is 2. The van der Waals surface area contributed by atoms with E-state index < -0.39 is 11.9 Å². The number of anilines is 1. The van der Waals surface area contributed by atoms with E-state index in [1.165, 1.54) is 13.0 Å². The van der Waals surface area contributed by atoms with Crippen LogP contribution in [0, 0.1) is 6.92 Å². The average Bonchev–Trinajstić information content (AvgIpc) is 2.08. The van der Waals surface area contributed by atoms with Gasteiger partial charge in [0, 0.05) is 12.6 Å². The van der Waals surface area contributed by atoms with Gasteiger partial charge in [0.15, 0.2) is 0 Å². The van der Waals surface area contributed by atoms with Crippen LogP contribution < -0.4 is 5.73 Å². The van der Waals surface area contributed by atoms with Crippen molar-refractivity contribution in [1.82, 2.24) is 0 Å². The molecular weight excluding hydrogens is 182 g/mol.